The second kappa shape index (κ2) is 9.89. The fourth-order valence-electron chi connectivity index (χ4n) is 2.65. The van der Waals surface area contributed by atoms with Gasteiger partial charge in [0.1, 0.15) is 0 Å². The van der Waals surface area contributed by atoms with E-state index in [-0.39, 0.29) is 12.4 Å². The lowest BCUT2D eigenvalue weighted by atomic mass is 10.2. The Kier molecular flexibility index (Phi) is 7.56. The Labute approximate surface area is 178 Å². The standard InChI is InChI=1S/C22H27N6.ClH/c1-18-16-27(23-14-19-6-10-21(11-7-19)25(2)3)17-28(18)24-15-20-8-12-22(13-9-20)26(4)5;/h6-17H,1-5H3;1H/q+1;/p-1/b23-14+,24-15+;. The van der Waals surface area contributed by atoms with Crippen LogP contribution in [0.5, 0.6) is 0 Å². The van der Waals surface area contributed by atoms with Gasteiger partial charge in [-0.1, -0.05) is 34.5 Å². The quantitative estimate of drug-likeness (QED) is 0.423. The lowest BCUT2D eigenvalue weighted by Gasteiger charge is -2.11. The molecular weight excluding hydrogens is 384 g/mol. The summed E-state index contributed by atoms with van der Waals surface area (Å²) < 4.78 is 3.58. The fraction of sp³-hybridized carbons (Fsp3) is 0.227. The van der Waals surface area contributed by atoms with Gasteiger partial charge in [0.15, 0.2) is 11.9 Å². The van der Waals surface area contributed by atoms with E-state index in [1.165, 1.54) is 11.4 Å². The largest absolute Gasteiger partial charge is 1.00 e. The predicted octanol–water partition coefficient (Wildman–Crippen LogP) is -0.0156. The van der Waals surface area contributed by atoms with Crippen LogP contribution in [0.2, 0.25) is 0 Å². The number of imidazole rings is 1. The Balaban J connectivity index is 0.00000300. The molecule has 0 aliphatic heterocycles. The van der Waals surface area contributed by atoms with Crippen molar-refractivity contribution < 1.29 is 17.1 Å². The summed E-state index contributed by atoms with van der Waals surface area (Å²) >= 11 is 0. The topological polar surface area (TPSA) is 40.0 Å². The molecule has 0 fully saturated rings. The van der Waals surface area contributed by atoms with E-state index in [0.717, 1.165) is 16.8 Å². The highest BCUT2D eigenvalue weighted by Gasteiger charge is 2.07. The predicted molar refractivity (Wildman–Crippen MR) is 117 cm³/mol. The van der Waals surface area contributed by atoms with Gasteiger partial charge < -0.3 is 22.2 Å². The lowest BCUT2D eigenvalue weighted by molar-refractivity contribution is -0.677. The third-order valence-corrected chi connectivity index (χ3v) is 4.40. The van der Waals surface area contributed by atoms with Gasteiger partial charge in [0.2, 0.25) is 0 Å². The van der Waals surface area contributed by atoms with Gasteiger partial charge in [-0.05, 0) is 35.4 Å². The van der Waals surface area contributed by atoms with Crippen molar-refractivity contribution in [2.75, 3.05) is 38.0 Å². The van der Waals surface area contributed by atoms with E-state index < -0.39 is 0 Å². The van der Waals surface area contributed by atoms with Gasteiger partial charge in [-0.25, -0.2) is 0 Å². The van der Waals surface area contributed by atoms with Crippen LogP contribution in [-0.2, 0) is 0 Å². The van der Waals surface area contributed by atoms with Crippen LogP contribution in [0.3, 0.4) is 0 Å². The smallest absolute Gasteiger partial charge is 0.295 e. The van der Waals surface area contributed by atoms with Gasteiger partial charge in [0, 0.05) is 46.5 Å². The van der Waals surface area contributed by atoms with Crippen LogP contribution in [0.15, 0.2) is 71.3 Å². The normalized spacial score (nSPS) is 11.1. The van der Waals surface area contributed by atoms with Crippen molar-refractivity contribution >= 4 is 23.8 Å². The zero-order valence-electron chi connectivity index (χ0n) is 17.5. The molecule has 0 amide bonds. The van der Waals surface area contributed by atoms with Crippen LogP contribution in [0, 0.1) is 6.92 Å². The van der Waals surface area contributed by atoms with Crippen LogP contribution in [-0.4, -0.2) is 45.3 Å². The van der Waals surface area contributed by atoms with Crippen LogP contribution < -0.4 is 26.9 Å². The van der Waals surface area contributed by atoms with Gasteiger partial charge in [-0.3, -0.25) is 0 Å². The summed E-state index contributed by atoms with van der Waals surface area (Å²) in [7, 11) is 8.12. The van der Waals surface area contributed by atoms with Crippen LogP contribution in [0.1, 0.15) is 16.8 Å². The summed E-state index contributed by atoms with van der Waals surface area (Å²) in [4.78, 5) is 4.15. The first-order valence-corrected chi connectivity index (χ1v) is 9.16. The summed E-state index contributed by atoms with van der Waals surface area (Å²) in [5.74, 6) is 0. The molecule has 1 heterocycles. The third kappa shape index (κ3) is 5.93. The number of benzene rings is 2. The van der Waals surface area contributed by atoms with E-state index in [0.29, 0.717) is 0 Å². The molecule has 7 heteroatoms. The molecule has 0 aliphatic carbocycles. The van der Waals surface area contributed by atoms with E-state index in [4.69, 9.17) is 0 Å². The molecule has 2 aromatic carbocycles. The second-order valence-corrected chi connectivity index (χ2v) is 7.07. The van der Waals surface area contributed by atoms with Crippen molar-refractivity contribution in [2.45, 2.75) is 6.92 Å². The molecular formula is C22H27ClN6. The Morgan fingerprint density at radius 2 is 1.28 bits per heavy atom. The Hall–Kier alpha value is -3.12. The number of aryl methyl sites for hydroxylation is 1. The highest BCUT2D eigenvalue weighted by Crippen LogP contribution is 2.12. The maximum absolute atomic E-state index is 4.54. The van der Waals surface area contributed by atoms with Gasteiger partial charge in [0.05, 0.1) is 12.4 Å². The molecule has 6 nitrogen and oxygen atoms in total. The molecule has 0 N–H and O–H groups in total. The molecule has 0 spiro atoms. The van der Waals surface area contributed by atoms with E-state index in [2.05, 4.69) is 68.5 Å². The highest BCUT2D eigenvalue weighted by atomic mass is 35.5. The summed E-state index contributed by atoms with van der Waals surface area (Å²) in [5.41, 5.74) is 5.43. The molecule has 0 bridgehead atoms. The van der Waals surface area contributed by atoms with Crippen molar-refractivity contribution in [1.82, 2.24) is 4.68 Å². The Morgan fingerprint density at radius 1 is 0.793 bits per heavy atom. The molecule has 0 atom stereocenters. The number of nitrogens with zero attached hydrogens (tertiary/aromatic N) is 6. The Bertz CT molecular complexity index is 970. The second-order valence-electron chi connectivity index (χ2n) is 7.07. The molecule has 29 heavy (non-hydrogen) atoms. The lowest BCUT2D eigenvalue weighted by Crippen LogP contribution is -3.00. The first kappa shape index (κ1) is 22.2. The van der Waals surface area contributed by atoms with Crippen LogP contribution in [0.25, 0.3) is 0 Å². The number of hydrogen-bond donors (Lipinski definition) is 0. The van der Waals surface area contributed by atoms with E-state index >= 15 is 0 Å². The summed E-state index contributed by atoms with van der Waals surface area (Å²) in [6.45, 7) is 2.00. The minimum absolute atomic E-state index is 0. The first-order valence-electron chi connectivity index (χ1n) is 9.16. The maximum Gasteiger partial charge on any atom is 0.295 e. The number of aromatic nitrogens is 2. The maximum atomic E-state index is 4.54. The molecule has 1 aromatic heterocycles. The van der Waals surface area contributed by atoms with E-state index in [1.54, 1.807) is 4.68 Å². The zero-order chi connectivity index (χ0) is 20.1. The fourth-order valence-corrected chi connectivity index (χ4v) is 2.65. The number of hydrogen-bond acceptors (Lipinski definition) is 4. The molecule has 3 aromatic rings. The minimum atomic E-state index is 0. The number of rotatable bonds is 6. The van der Waals surface area contributed by atoms with Crippen molar-refractivity contribution in [1.29, 1.82) is 0 Å². The Morgan fingerprint density at radius 3 is 1.76 bits per heavy atom. The van der Waals surface area contributed by atoms with Crippen LogP contribution >= 0.6 is 0 Å². The summed E-state index contributed by atoms with van der Waals surface area (Å²) in [6, 6.07) is 16.5. The van der Waals surface area contributed by atoms with Crippen molar-refractivity contribution in [3.63, 3.8) is 0 Å². The molecule has 152 valence electrons. The number of anilines is 2. The van der Waals surface area contributed by atoms with Crippen LogP contribution in [0.4, 0.5) is 11.4 Å². The van der Waals surface area contributed by atoms with Gasteiger partial charge >= 0.3 is 0 Å². The zero-order valence-corrected chi connectivity index (χ0v) is 18.2. The SMILES string of the molecule is Cc1c[n+](/N=C/c2ccc(N(C)C)cc2)cn1/N=C/c1ccc(N(C)C)cc1.[Cl-]. The summed E-state index contributed by atoms with van der Waals surface area (Å²) in [5, 5.41) is 9.03. The highest BCUT2D eigenvalue weighted by molar-refractivity contribution is 5.80. The molecule has 0 aliphatic rings. The monoisotopic (exact) mass is 410 g/mol. The molecule has 0 radical (unpaired) electrons. The number of halogens is 1. The molecule has 3 rings (SSSR count). The molecule has 0 unspecified atom stereocenters. The van der Waals surface area contributed by atoms with Gasteiger partial charge in [-0.15, -0.1) is 9.35 Å². The molecule has 0 saturated carbocycles. The molecule has 0 saturated heterocycles. The van der Waals surface area contributed by atoms with Gasteiger partial charge in [0.25, 0.3) is 6.33 Å². The van der Waals surface area contributed by atoms with E-state index in [1.807, 2.05) is 64.7 Å². The van der Waals surface area contributed by atoms with Crippen molar-refractivity contribution in [3.05, 3.63) is 77.9 Å². The van der Waals surface area contributed by atoms with E-state index in [9.17, 15) is 0 Å². The van der Waals surface area contributed by atoms with Crippen molar-refractivity contribution in [2.24, 2.45) is 10.2 Å². The minimum Gasteiger partial charge on any atom is -1.00 e. The first-order chi connectivity index (χ1) is 13.4. The average molecular weight is 411 g/mol. The van der Waals surface area contributed by atoms with Crippen molar-refractivity contribution in [3.8, 4) is 0 Å². The summed E-state index contributed by atoms with van der Waals surface area (Å²) in [6.07, 6.45) is 7.48. The third-order valence-electron chi connectivity index (χ3n) is 4.40. The van der Waals surface area contributed by atoms with Gasteiger partial charge in [-0.2, -0.15) is 0 Å². The average Bonchev–Trinajstić information content (AvgIpc) is 3.05.